The molecule has 0 bridgehead atoms. The van der Waals surface area contributed by atoms with Gasteiger partial charge in [-0.1, -0.05) is 6.07 Å². The van der Waals surface area contributed by atoms with Gasteiger partial charge < -0.3 is 10.4 Å². The number of hydrogen-bond donors (Lipinski definition) is 2. The van der Waals surface area contributed by atoms with Crippen LogP contribution < -0.4 is 5.32 Å². The largest absolute Gasteiger partial charge is 0.478 e. The van der Waals surface area contributed by atoms with Crippen LogP contribution in [-0.4, -0.2) is 11.1 Å². The highest BCUT2D eigenvalue weighted by Gasteiger charge is 2.19. The average molecular weight is 288 g/mol. The summed E-state index contributed by atoms with van der Waals surface area (Å²) in [5.41, 5.74) is -0.550. The standard InChI is InChI=1S/C15H10F2N2O2/c1-8-2-5-12(11(16)6-8)19-14-10(15(20)21)4-3-9(7-18)13(14)17/h2-6,19H,1H3,(H,20,21). The Morgan fingerprint density at radius 2 is 2.00 bits per heavy atom. The molecule has 21 heavy (non-hydrogen) atoms. The van der Waals surface area contributed by atoms with Crippen molar-refractivity contribution in [3.8, 4) is 6.07 Å². The lowest BCUT2D eigenvalue weighted by Crippen LogP contribution is -2.07. The van der Waals surface area contributed by atoms with Crippen LogP contribution in [0.4, 0.5) is 20.2 Å². The van der Waals surface area contributed by atoms with Crippen LogP contribution in [-0.2, 0) is 0 Å². The summed E-state index contributed by atoms with van der Waals surface area (Å²) in [5.74, 6) is -3.06. The van der Waals surface area contributed by atoms with E-state index in [1.807, 2.05) is 0 Å². The molecule has 0 unspecified atom stereocenters. The Balaban J connectivity index is 2.57. The van der Waals surface area contributed by atoms with E-state index in [4.69, 9.17) is 10.4 Å². The van der Waals surface area contributed by atoms with Gasteiger partial charge in [-0.3, -0.25) is 0 Å². The second-order valence-corrected chi connectivity index (χ2v) is 4.37. The fourth-order valence-electron chi connectivity index (χ4n) is 1.82. The summed E-state index contributed by atoms with van der Waals surface area (Å²) in [5, 5.41) is 20.3. The molecule has 0 aromatic heterocycles. The van der Waals surface area contributed by atoms with Gasteiger partial charge in [0, 0.05) is 0 Å². The number of aromatic carboxylic acids is 1. The zero-order chi connectivity index (χ0) is 15.6. The van der Waals surface area contributed by atoms with Gasteiger partial charge in [-0.25, -0.2) is 13.6 Å². The molecule has 0 spiro atoms. The van der Waals surface area contributed by atoms with Gasteiger partial charge in [0.05, 0.1) is 22.5 Å². The topological polar surface area (TPSA) is 73.1 Å². The number of benzene rings is 2. The SMILES string of the molecule is Cc1ccc(Nc2c(C(=O)O)ccc(C#N)c2F)c(F)c1. The molecule has 2 N–H and O–H groups in total. The molecule has 4 nitrogen and oxygen atoms in total. The minimum atomic E-state index is -1.38. The summed E-state index contributed by atoms with van der Waals surface area (Å²) >= 11 is 0. The van der Waals surface area contributed by atoms with E-state index in [9.17, 15) is 13.6 Å². The van der Waals surface area contributed by atoms with Gasteiger partial charge in [-0.05, 0) is 36.8 Å². The van der Waals surface area contributed by atoms with Crippen LogP contribution >= 0.6 is 0 Å². The number of rotatable bonds is 3. The van der Waals surface area contributed by atoms with E-state index in [2.05, 4.69) is 5.32 Å². The van der Waals surface area contributed by atoms with Crippen molar-refractivity contribution in [1.29, 1.82) is 5.26 Å². The van der Waals surface area contributed by atoms with E-state index in [0.717, 1.165) is 12.1 Å². The molecule has 0 radical (unpaired) electrons. The number of carboxylic acids is 1. The van der Waals surface area contributed by atoms with Gasteiger partial charge in [0.15, 0.2) is 5.82 Å². The van der Waals surface area contributed by atoms with E-state index in [0.29, 0.717) is 5.56 Å². The Kier molecular flexibility index (Phi) is 3.85. The molecule has 6 heteroatoms. The summed E-state index contributed by atoms with van der Waals surface area (Å²) in [6, 6.07) is 7.97. The van der Waals surface area contributed by atoms with Crippen LogP contribution in [0.1, 0.15) is 21.5 Å². The first-order valence-electron chi connectivity index (χ1n) is 5.93. The second kappa shape index (κ2) is 5.59. The van der Waals surface area contributed by atoms with E-state index >= 15 is 0 Å². The van der Waals surface area contributed by atoms with Crippen LogP contribution in [0.25, 0.3) is 0 Å². The van der Waals surface area contributed by atoms with Crippen LogP contribution in [0, 0.1) is 29.9 Å². The van der Waals surface area contributed by atoms with Gasteiger partial charge in [0.1, 0.15) is 11.9 Å². The van der Waals surface area contributed by atoms with Crippen LogP contribution in [0.5, 0.6) is 0 Å². The highest BCUT2D eigenvalue weighted by atomic mass is 19.1. The van der Waals surface area contributed by atoms with Crippen molar-refractivity contribution in [2.75, 3.05) is 5.32 Å². The smallest absolute Gasteiger partial charge is 0.337 e. The highest BCUT2D eigenvalue weighted by Crippen LogP contribution is 2.28. The van der Waals surface area contributed by atoms with Crippen molar-refractivity contribution in [3.63, 3.8) is 0 Å². The Bertz CT molecular complexity index is 767. The number of nitrogens with one attached hydrogen (secondary N) is 1. The maximum Gasteiger partial charge on any atom is 0.337 e. The fraction of sp³-hybridized carbons (Fsp3) is 0.0667. The Hall–Kier alpha value is -2.94. The molecular weight excluding hydrogens is 278 g/mol. The zero-order valence-corrected chi connectivity index (χ0v) is 10.9. The van der Waals surface area contributed by atoms with Crippen LogP contribution in [0.2, 0.25) is 0 Å². The summed E-state index contributed by atoms with van der Waals surface area (Å²) < 4.78 is 27.9. The van der Waals surface area contributed by atoms with Crippen LogP contribution in [0.15, 0.2) is 30.3 Å². The number of halogens is 2. The molecule has 2 rings (SSSR count). The maximum atomic E-state index is 14.1. The van der Waals surface area contributed by atoms with Crippen molar-refractivity contribution < 1.29 is 18.7 Å². The molecule has 106 valence electrons. The number of hydrogen-bond acceptors (Lipinski definition) is 3. The number of carbonyl (C=O) groups is 1. The fourth-order valence-corrected chi connectivity index (χ4v) is 1.82. The molecule has 0 saturated carbocycles. The van der Waals surface area contributed by atoms with Crippen molar-refractivity contribution in [3.05, 3.63) is 58.7 Å². The lowest BCUT2D eigenvalue weighted by atomic mass is 10.1. The first-order chi connectivity index (χ1) is 9.93. The number of anilines is 2. The third-order valence-electron chi connectivity index (χ3n) is 2.88. The minimum Gasteiger partial charge on any atom is -0.478 e. The number of aryl methyl sites for hydroxylation is 1. The summed E-state index contributed by atoms with van der Waals surface area (Å²) in [7, 11) is 0. The molecule has 0 aliphatic rings. The van der Waals surface area contributed by atoms with Gasteiger partial charge in [-0.15, -0.1) is 0 Å². The molecule has 0 aliphatic carbocycles. The third-order valence-corrected chi connectivity index (χ3v) is 2.88. The lowest BCUT2D eigenvalue weighted by molar-refractivity contribution is 0.0697. The van der Waals surface area contributed by atoms with Crippen LogP contribution in [0.3, 0.4) is 0 Å². The van der Waals surface area contributed by atoms with E-state index in [1.165, 1.54) is 12.1 Å². The molecule has 0 aliphatic heterocycles. The molecule has 2 aromatic rings. The van der Waals surface area contributed by atoms with E-state index < -0.39 is 23.3 Å². The summed E-state index contributed by atoms with van der Waals surface area (Å²) in [4.78, 5) is 11.1. The number of nitrogens with zero attached hydrogens (tertiary/aromatic N) is 1. The maximum absolute atomic E-state index is 14.1. The third kappa shape index (κ3) is 2.82. The molecule has 0 saturated heterocycles. The Morgan fingerprint density at radius 1 is 1.29 bits per heavy atom. The van der Waals surface area contributed by atoms with Crippen molar-refractivity contribution in [2.45, 2.75) is 6.92 Å². The van der Waals surface area contributed by atoms with Crippen molar-refractivity contribution >= 4 is 17.3 Å². The number of carboxylic acid groups (broad SMARTS) is 1. The monoisotopic (exact) mass is 288 g/mol. The predicted molar refractivity (Wildman–Crippen MR) is 72.5 cm³/mol. The highest BCUT2D eigenvalue weighted by molar-refractivity contribution is 5.95. The normalized spacial score (nSPS) is 10.0. The second-order valence-electron chi connectivity index (χ2n) is 4.37. The van der Waals surface area contributed by atoms with Gasteiger partial charge in [0.2, 0.25) is 0 Å². The van der Waals surface area contributed by atoms with E-state index in [-0.39, 0.29) is 16.8 Å². The van der Waals surface area contributed by atoms with Crippen molar-refractivity contribution in [1.82, 2.24) is 0 Å². The average Bonchev–Trinajstić information content (AvgIpc) is 2.43. The summed E-state index contributed by atoms with van der Waals surface area (Å²) in [6.45, 7) is 1.69. The Morgan fingerprint density at radius 3 is 2.57 bits per heavy atom. The molecule has 0 atom stereocenters. The molecule has 0 amide bonds. The van der Waals surface area contributed by atoms with Gasteiger partial charge in [0.25, 0.3) is 0 Å². The lowest BCUT2D eigenvalue weighted by Gasteiger charge is -2.12. The molecule has 2 aromatic carbocycles. The van der Waals surface area contributed by atoms with Gasteiger partial charge >= 0.3 is 5.97 Å². The number of nitriles is 1. The first-order valence-corrected chi connectivity index (χ1v) is 5.93. The molecular formula is C15H10F2N2O2. The summed E-state index contributed by atoms with van der Waals surface area (Å²) in [6.07, 6.45) is 0. The molecule has 0 fully saturated rings. The minimum absolute atomic E-state index is 0.0721. The molecule has 0 heterocycles. The van der Waals surface area contributed by atoms with E-state index in [1.54, 1.807) is 19.1 Å². The predicted octanol–water partition coefficient (Wildman–Crippen LogP) is 3.59. The van der Waals surface area contributed by atoms with Crippen molar-refractivity contribution in [2.24, 2.45) is 0 Å². The van der Waals surface area contributed by atoms with Gasteiger partial charge in [-0.2, -0.15) is 5.26 Å². The first kappa shape index (κ1) is 14.5. The Labute approximate surface area is 119 Å². The quantitative estimate of drug-likeness (QED) is 0.905. The zero-order valence-electron chi connectivity index (χ0n) is 10.9.